The molecule has 2 aromatic rings. The third-order valence-electron chi connectivity index (χ3n) is 2.46. The molecule has 0 aliphatic heterocycles. The Balaban J connectivity index is 2.41. The van der Waals surface area contributed by atoms with Crippen molar-refractivity contribution >= 4 is 92.5 Å². The highest BCUT2D eigenvalue weighted by Crippen LogP contribution is 2.43. The van der Waals surface area contributed by atoms with E-state index in [1.54, 1.807) is 0 Å². The first-order chi connectivity index (χ1) is 9.31. The first-order valence-corrected chi connectivity index (χ1v) is 9.46. The number of hydrogen-bond acceptors (Lipinski definition) is 3. The molecule has 1 atom stereocenters. The highest BCUT2D eigenvalue weighted by Gasteiger charge is 2.19. The second-order valence-corrected chi connectivity index (χ2v) is 8.65. The number of carboxylic acid groups (broad SMARTS) is 1. The van der Waals surface area contributed by atoms with Gasteiger partial charge in [-0.2, -0.15) is 0 Å². The molecule has 1 aromatic carbocycles. The normalized spacial score (nSPS) is 12.8. The third kappa shape index (κ3) is 3.43. The van der Waals surface area contributed by atoms with Gasteiger partial charge in [0.2, 0.25) is 0 Å². The smallest absolute Gasteiger partial charge is 0.304 e. The Labute approximate surface area is 153 Å². The highest BCUT2D eigenvalue weighted by molar-refractivity contribution is 9.15. The number of thioether (sulfide) groups is 1. The van der Waals surface area contributed by atoms with Gasteiger partial charge in [-0.1, -0.05) is 18.7 Å². The summed E-state index contributed by atoms with van der Waals surface area (Å²) in [4.78, 5) is 18.4. The number of carboxylic acids is 1. The molecule has 0 aliphatic rings. The molecule has 2 N–H and O–H groups in total. The van der Waals surface area contributed by atoms with Crippen LogP contribution in [0.3, 0.4) is 0 Å². The summed E-state index contributed by atoms with van der Waals surface area (Å²) in [5.41, 5.74) is 1.65. The fourth-order valence-electron chi connectivity index (χ4n) is 1.61. The largest absolute Gasteiger partial charge is 0.481 e. The van der Waals surface area contributed by atoms with Crippen molar-refractivity contribution in [3.8, 4) is 0 Å². The summed E-state index contributed by atoms with van der Waals surface area (Å²) in [5.74, 6) is -0.811. The van der Waals surface area contributed by atoms with E-state index in [0.29, 0.717) is 5.16 Å². The number of hydrogen-bond donors (Lipinski definition) is 2. The molecule has 1 unspecified atom stereocenters. The minimum Gasteiger partial charge on any atom is -0.481 e. The maximum Gasteiger partial charge on any atom is 0.304 e. The summed E-state index contributed by atoms with van der Waals surface area (Å²) in [6, 6.07) is 0. The third-order valence-corrected chi connectivity index (χ3v) is 8.20. The van der Waals surface area contributed by atoms with Crippen LogP contribution >= 0.6 is 75.5 Å². The van der Waals surface area contributed by atoms with Crippen LogP contribution in [0.1, 0.15) is 13.3 Å². The molecule has 0 saturated heterocycles. The number of aliphatic carboxylic acids is 1. The van der Waals surface area contributed by atoms with Gasteiger partial charge in [-0.3, -0.25) is 4.79 Å². The summed E-state index contributed by atoms with van der Waals surface area (Å²) in [6.45, 7) is 1.86. The van der Waals surface area contributed by atoms with Gasteiger partial charge >= 0.3 is 5.97 Å². The maximum absolute atomic E-state index is 10.7. The summed E-state index contributed by atoms with van der Waals surface area (Å²) in [5, 5.41) is 9.43. The van der Waals surface area contributed by atoms with Crippen LogP contribution in [0.2, 0.25) is 0 Å². The van der Waals surface area contributed by atoms with Gasteiger partial charge in [0, 0.05) is 14.2 Å². The topological polar surface area (TPSA) is 66.0 Å². The molecular formula is C11H8Br4N2O2S. The monoisotopic (exact) mass is 548 g/mol. The molecule has 0 fully saturated rings. The molecule has 1 heterocycles. The number of rotatable bonds is 4. The lowest BCUT2D eigenvalue weighted by Crippen LogP contribution is -2.05. The van der Waals surface area contributed by atoms with Crippen LogP contribution in [0.4, 0.5) is 0 Å². The molecule has 108 valence electrons. The van der Waals surface area contributed by atoms with E-state index in [1.165, 1.54) is 11.8 Å². The average Bonchev–Trinajstić information content (AvgIpc) is 2.76. The number of fused-ring (bicyclic) bond motifs is 1. The number of H-pyrrole nitrogens is 1. The van der Waals surface area contributed by atoms with E-state index in [-0.39, 0.29) is 11.7 Å². The Morgan fingerprint density at radius 1 is 1.25 bits per heavy atom. The van der Waals surface area contributed by atoms with Gasteiger partial charge in [0.15, 0.2) is 5.16 Å². The van der Waals surface area contributed by atoms with Crippen molar-refractivity contribution in [3.63, 3.8) is 0 Å². The zero-order valence-electron chi connectivity index (χ0n) is 10.0. The quantitative estimate of drug-likeness (QED) is 0.296. The van der Waals surface area contributed by atoms with Gasteiger partial charge in [0.1, 0.15) is 5.52 Å². The zero-order valence-corrected chi connectivity index (χ0v) is 17.2. The number of benzene rings is 1. The minimum atomic E-state index is -0.811. The van der Waals surface area contributed by atoms with Crippen LogP contribution in [0.25, 0.3) is 11.0 Å². The predicted octanol–water partition coefficient (Wildman–Crippen LogP) is 5.57. The number of imidazole rings is 1. The first-order valence-electron chi connectivity index (χ1n) is 5.41. The molecule has 20 heavy (non-hydrogen) atoms. The highest BCUT2D eigenvalue weighted by atomic mass is 79.9. The molecule has 4 nitrogen and oxygen atoms in total. The zero-order chi connectivity index (χ0) is 15.0. The molecule has 0 saturated carbocycles. The lowest BCUT2D eigenvalue weighted by atomic mass is 10.3. The molecule has 0 bridgehead atoms. The number of nitrogens with zero attached hydrogens (tertiary/aromatic N) is 1. The van der Waals surface area contributed by atoms with E-state index < -0.39 is 5.97 Å². The molecule has 9 heteroatoms. The van der Waals surface area contributed by atoms with Crippen LogP contribution in [0.15, 0.2) is 23.0 Å². The van der Waals surface area contributed by atoms with Crippen molar-refractivity contribution in [2.75, 3.05) is 0 Å². The Bertz CT molecular complexity index is 644. The number of halogens is 4. The van der Waals surface area contributed by atoms with Crippen LogP contribution in [0, 0.1) is 0 Å². The van der Waals surface area contributed by atoms with Gasteiger partial charge in [0.05, 0.1) is 20.9 Å². The molecule has 1 aromatic heterocycles. The fourth-order valence-corrected chi connectivity index (χ4v) is 4.81. The minimum absolute atomic E-state index is 0.0579. The standard InChI is InChI=1S/C11H8Br4N2O2S/c1-3(2-4(18)19)20-11-16-9-7(14)5(12)6(13)8(15)10(9)17-11/h3H,2H2,1H3,(H,16,17)(H,18,19). The fraction of sp³-hybridized carbons (Fsp3) is 0.273. The molecule has 0 amide bonds. The van der Waals surface area contributed by atoms with Crippen molar-refractivity contribution in [1.29, 1.82) is 0 Å². The predicted molar refractivity (Wildman–Crippen MR) is 94.5 cm³/mol. The average molecular weight is 552 g/mol. The summed E-state index contributed by atoms with van der Waals surface area (Å²) in [7, 11) is 0. The van der Waals surface area contributed by atoms with Crippen molar-refractivity contribution in [1.82, 2.24) is 9.97 Å². The number of aromatic amines is 1. The maximum atomic E-state index is 10.7. The Hall–Kier alpha value is 0.430. The van der Waals surface area contributed by atoms with Crippen LogP contribution in [-0.2, 0) is 4.79 Å². The van der Waals surface area contributed by atoms with Gasteiger partial charge < -0.3 is 10.1 Å². The van der Waals surface area contributed by atoms with Gasteiger partial charge in [0.25, 0.3) is 0 Å². The molecule has 2 rings (SSSR count). The Morgan fingerprint density at radius 3 is 2.45 bits per heavy atom. The number of nitrogens with one attached hydrogen (secondary N) is 1. The summed E-state index contributed by atoms with van der Waals surface area (Å²) >= 11 is 15.4. The van der Waals surface area contributed by atoms with Crippen molar-refractivity contribution < 1.29 is 9.90 Å². The van der Waals surface area contributed by atoms with Crippen molar-refractivity contribution in [3.05, 3.63) is 17.9 Å². The van der Waals surface area contributed by atoms with Crippen LogP contribution in [-0.4, -0.2) is 26.3 Å². The molecule has 0 radical (unpaired) electrons. The van der Waals surface area contributed by atoms with Gasteiger partial charge in [-0.05, 0) is 63.7 Å². The molecule has 0 spiro atoms. The SMILES string of the molecule is CC(CC(=O)O)Sc1nc2c(Br)c(Br)c(Br)c(Br)c2[nH]1. The van der Waals surface area contributed by atoms with E-state index in [4.69, 9.17) is 5.11 Å². The summed E-state index contributed by atoms with van der Waals surface area (Å²) in [6.07, 6.45) is 0.0947. The second kappa shape index (κ2) is 6.68. The molecule has 0 aliphatic carbocycles. The van der Waals surface area contributed by atoms with Crippen LogP contribution < -0.4 is 0 Å². The van der Waals surface area contributed by atoms with E-state index >= 15 is 0 Å². The van der Waals surface area contributed by atoms with E-state index in [0.717, 1.165) is 28.9 Å². The number of aromatic nitrogens is 2. The lowest BCUT2D eigenvalue weighted by molar-refractivity contribution is -0.136. The second-order valence-electron chi connectivity index (χ2n) is 4.05. The Kier molecular flexibility index (Phi) is 5.61. The lowest BCUT2D eigenvalue weighted by Gasteiger charge is -2.04. The van der Waals surface area contributed by atoms with E-state index in [1.807, 2.05) is 6.92 Å². The van der Waals surface area contributed by atoms with Crippen LogP contribution in [0.5, 0.6) is 0 Å². The van der Waals surface area contributed by atoms with E-state index in [9.17, 15) is 4.79 Å². The Morgan fingerprint density at radius 2 is 1.85 bits per heavy atom. The van der Waals surface area contributed by atoms with E-state index in [2.05, 4.69) is 73.7 Å². The van der Waals surface area contributed by atoms with Crippen molar-refractivity contribution in [2.45, 2.75) is 23.8 Å². The number of carbonyl (C=O) groups is 1. The molecular weight excluding hydrogens is 544 g/mol. The van der Waals surface area contributed by atoms with Gasteiger partial charge in [-0.25, -0.2) is 4.98 Å². The van der Waals surface area contributed by atoms with Gasteiger partial charge in [-0.15, -0.1) is 0 Å². The van der Waals surface area contributed by atoms with Crippen molar-refractivity contribution in [2.24, 2.45) is 0 Å². The summed E-state index contributed by atoms with van der Waals surface area (Å²) < 4.78 is 3.47. The first kappa shape index (κ1) is 16.8.